The molecule has 8 aromatic rings. The minimum atomic E-state index is -0.106. The molecule has 0 fully saturated rings. The summed E-state index contributed by atoms with van der Waals surface area (Å²) in [5.41, 5.74) is 11.8. The number of aromatic nitrogens is 1. The first kappa shape index (κ1) is 26.5. The molecule has 47 heavy (non-hydrogen) atoms. The summed E-state index contributed by atoms with van der Waals surface area (Å²) in [4.78, 5) is 10.6. The zero-order valence-corrected chi connectivity index (χ0v) is 26.2. The van der Waals surface area contributed by atoms with Crippen molar-refractivity contribution in [1.29, 1.82) is 0 Å². The fraction of sp³-hybridized carbons (Fsp3) is 0.0233. The van der Waals surface area contributed by atoms with Crippen LogP contribution in [0.15, 0.2) is 168 Å². The number of para-hydroxylation sites is 1. The second-order valence-electron chi connectivity index (χ2n) is 12.1. The molecule has 0 bridgehead atoms. The van der Waals surface area contributed by atoms with Crippen LogP contribution in [0.2, 0.25) is 0 Å². The SMILES string of the molecule is c1ccc(C2=NC(c3ccccc3-n3c4cccc5c4c4c6c(cccc6ccc43)-c3ccccc3-5)=NC(c3ccccc3)S2)cc1. The summed E-state index contributed by atoms with van der Waals surface area (Å²) in [5, 5.41) is 6.02. The third kappa shape index (κ3) is 4.02. The smallest absolute Gasteiger partial charge is 0.159 e. The van der Waals surface area contributed by atoms with Crippen molar-refractivity contribution in [3.63, 3.8) is 0 Å². The molecule has 7 aromatic carbocycles. The molecule has 0 saturated heterocycles. The molecule has 10 rings (SSSR count). The molecule has 1 unspecified atom stereocenters. The Hall–Kier alpha value is -5.71. The molecule has 2 heterocycles. The van der Waals surface area contributed by atoms with Gasteiger partial charge in [0.2, 0.25) is 0 Å². The largest absolute Gasteiger partial charge is 0.308 e. The van der Waals surface area contributed by atoms with Gasteiger partial charge in [-0.1, -0.05) is 145 Å². The van der Waals surface area contributed by atoms with Crippen molar-refractivity contribution >= 4 is 55.2 Å². The van der Waals surface area contributed by atoms with Gasteiger partial charge >= 0.3 is 0 Å². The molecule has 1 aliphatic heterocycles. The molecule has 1 atom stereocenters. The van der Waals surface area contributed by atoms with Crippen LogP contribution in [-0.2, 0) is 0 Å². The van der Waals surface area contributed by atoms with Crippen molar-refractivity contribution in [2.45, 2.75) is 5.37 Å². The van der Waals surface area contributed by atoms with Crippen molar-refractivity contribution < 1.29 is 0 Å². The van der Waals surface area contributed by atoms with Gasteiger partial charge in [0, 0.05) is 21.9 Å². The van der Waals surface area contributed by atoms with Gasteiger partial charge in [-0.25, -0.2) is 9.98 Å². The summed E-state index contributed by atoms with van der Waals surface area (Å²) in [6, 6.07) is 56.5. The first-order chi connectivity index (χ1) is 23.3. The summed E-state index contributed by atoms with van der Waals surface area (Å²) in [5.74, 6) is 0.747. The van der Waals surface area contributed by atoms with E-state index in [1.165, 1.54) is 54.8 Å². The molecule has 0 amide bonds. The number of benzene rings is 7. The van der Waals surface area contributed by atoms with Gasteiger partial charge in [-0.2, -0.15) is 0 Å². The van der Waals surface area contributed by atoms with Gasteiger partial charge in [0.25, 0.3) is 0 Å². The van der Waals surface area contributed by atoms with Crippen LogP contribution in [0.25, 0.3) is 60.5 Å². The predicted octanol–water partition coefficient (Wildman–Crippen LogP) is 11.2. The maximum absolute atomic E-state index is 5.33. The molecular formula is C43H27N3S. The van der Waals surface area contributed by atoms with E-state index in [4.69, 9.17) is 9.98 Å². The van der Waals surface area contributed by atoms with Gasteiger partial charge in [-0.3, -0.25) is 0 Å². The van der Waals surface area contributed by atoms with E-state index in [1.54, 1.807) is 11.8 Å². The molecule has 0 saturated carbocycles. The molecule has 1 aliphatic carbocycles. The van der Waals surface area contributed by atoms with Crippen LogP contribution < -0.4 is 0 Å². The first-order valence-corrected chi connectivity index (χ1v) is 16.8. The molecule has 0 radical (unpaired) electrons. The number of hydrogen-bond acceptors (Lipinski definition) is 3. The summed E-state index contributed by atoms with van der Waals surface area (Å²) >= 11 is 1.71. The zero-order chi connectivity index (χ0) is 30.9. The van der Waals surface area contributed by atoms with Gasteiger partial charge in [0.1, 0.15) is 10.4 Å². The maximum atomic E-state index is 5.33. The Balaban J connectivity index is 1.28. The van der Waals surface area contributed by atoms with E-state index in [2.05, 4.69) is 162 Å². The van der Waals surface area contributed by atoms with Crippen LogP contribution in [0, 0.1) is 0 Å². The normalized spacial score (nSPS) is 15.2. The van der Waals surface area contributed by atoms with Crippen molar-refractivity contribution in [2.24, 2.45) is 9.98 Å². The summed E-state index contributed by atoms with van der Waals surface area (Å²) in [7, 11) is 0. The molecule has 3 nitrogen and oxygen atoms in total. The molecule has 0 N–H and O–H groups in total. The number of rotatable bonds is 4. The number of aliphatic imine (C=N–C) groups is 2. The second kappa shape index (κ2) is 10.4. The van der Waals surface area contributed by atoms with Crippen LogP contribution in [0.4, 0.5) is 0 Å². The fourth-order valence-electron chi connectivity index (χ4n) is 7.44. The number of thioether (sulfide) groups is 1. The molecule has 2 aliphatic rings. The van der Waals surface area contributed by atoms with Gasteiger partial charge < -0.3 is 4.57 Å². The topological polar surface area (TPSA) is 29.6 Å². The van der Waals surface area contributed by atoms with Crippen molar-refractivity contribution in [2.75, 3.05) is 0 Å². The van der Waals surface area contributed by atoms with Crippen molar-refractivity contribution in [1.82, 2.24) is 4.57 Å². The Morgan fingerprint density at radius 1 is 0.468 bits per heavy atom. The lowest BCUT2D eigenvalue weighted by Gasteiger charge is -2.22. The molecule has 0 spiro atoms. The van der Waals surface area contributed by atoms with E-state index in [0.29, 0.717) is 0 Å². The molecular weight excluding hydrogens is 591 g/mol. The van der Waals surface area contributed by atoms with Crippen LogP contribution in [-0.4, -0.2) is 15.4 Å². The monoisotopic (exact) mass is 617 g/mol. The lowest BCUT2D eigenvalue weighted by Crippen LogP contribution is -2.14. The van der Waals surface area contributed by atoms with Crippen LogP contribution >= 0.6 is 11.8 Å². The number of nitrogens with zero attached hydrogens (tertiary/aromatic N) is 3. The Kier molecular flexibility index (Phi) is 5.87. The number of hydrogen-bond donors (Lipinski definition) is 0. The Morgan fingerprint density at radius 2 is 1.09 bits per heavy atom. The highest BCUT2D eigenvalue weighted by atomic mass is 32.2. The molecule has 220 valence electrons. The second-order valence-corrected chi connectivity index (χ2v) is 13.1. The van der Waals surface area contributed by atoms with E-state index in [1.807, 2.05) is 0 Å². The first-order valence-electron chi connectivity index (χ1n) is 16.0. The van der Waals surface area contributed by atoms with Crippen LogP contribution in [0.1, 0.15) is 22.1 Å². The third-order valence-electron chi connectivity index (χ3n) is 9.47. The standard InChI is InChI=1S/C43H27N3S/c1-3-13-28(14-4-1)42-44-41(45-43(47-42)29-15-5-2-6-16-29)34-20-9-10-23-35(34)46-36-24-12-22-33-31-19-8-7-18-30(31)32-21-11-17-27-25-26-37(46)40(38(27)32)39(33)36/h1-26,42H. The quantitative estimate of drug-likeness (QED) is 0.193. The highest BCUT2D eigenvalue weighted by Crippen LogP contribution is 2.49. The minimum absolute atomic E-state index is 0.106. The average molecular weight is 618 g/mol. The lowest BCUT2D eigenvalue weighted by atomic mass is 9.93. The highest BCUT2D eigenvalue weighted by Gasteiger charge is 2.27. The highest BCUT2D eigenvalue weighted by molar-refractivity contribution is 8.14. The van der Waals surface area contributed by atoms with Gasteiger partial charge in [-0.15, -0.1) is 0 Å². The van der Waals surface area contributed by atoms with Gasteiger partial charge in [-0.05, 0) is 62.9 Å². The number of fused-ring (bicyclic) bond motifs is 3. The maximum Gasteiger partial charge on any atom is 0.159 e. The van der Waals surface area contributed by atoms with Crippen LogP contribution in [0.5, 0.6) is 0 Å². The van der Waals surface area contributed by atoms with E-state index in [0.717, 1.165) is 33.3 Å². The number of amidine groups is 1. The summed E-state index contributed by atoms with van der Waals surface area (Å²) in [6.07, 6.45) is 0. The average Bonchev–Trinajstić information content (AvgIpc) is 3.43. The Labute approximate surface area is 276 Å². The zero-order valence-electron chi connectivity index (χ0n) is 25.3. The fourth-order valence-corrected chi connectivity index (χ4v) is 8.51. The van der Waals surface area contributed by atoms with E-state index in [-0.39, 0.29) is 5.37 Å². The van der Waals surface area contributed by atoms with E-state index in [9.17, 15) is 0 Å². The Morgan fingerprint density at radius 3 is 1.87 bits per heavy atom. The third-order valence-corrected chi connectivity index (χ3v) is 10.6. The molecule has 1 aromatic heterocycles. The summed E-state index contributed by atoms with van der Waals surface area (Å²) in [6.45, 7) is 0. The minimum Gasteiger partial charge on any atom is -0.308 e. The predicted molar refractivity (Wildman–Crippen MR) is 199 cm³/mol. The van der Waals surface area contributed by atoms with E-state index >= 15 is 0 Å². The van der Waals surface area contributed by atoms with Crippen molar-refractivity contribution in [3.8, 4) is 27.9 Å². The van der Waals surface area contributed by atoms with E-state index < -0.39 is 0 Å². The van der Waals surface area contributed by atoms with Gasteiger partial charge in [0.15, 0.2) is 5.84 Å². The lowest BCUT2D eigenvalue weighted by molar-refractivity contribution is 1.03. The summed E-state index contributed by atoms with van der Waals surface area (Å²) < 4.78 is 2.44. The van der Waals surface area contributed by atoms with Gasteiger partial charge in [0.05, 0.1) is 16.7 Å². The van der Waals surface area contributed by atoms with Crippen molar-refractivity contribution in [3.05, 3.63) is 174 Å². The molecule has 4 heteroatoms. The van der Waals surface area contributed by atoms with Crippen LogP contribution in [0.3, 0.4) is 0 Å². The Bertz CT molecular complexity index is 2600.